The van der Waals surface area contributed by atoms with E-state index in [4.69, 9.17) is 0 Å². The lowest BCUT2D eigenvalue weighted by Crippen LogP contribution is -2.34. The molecule has 0 aromatic heterocycles. The molecular formula is C18H29NO. The maximum atomic E-state index is 10.4. The summed E-state index contributed by atoms with van der Waals surface area (Å²) in [6, 6.07) is 7.06. The molecule has 20 heavy (non-hydrogen) atoms. The third kappa shape index (κ3) is 4.32. The second kappa shape index (κ2) is 7.24. The van der Waals surface area contributed by atoms with E-state index in [9.17, 15) is 5.11 Å². The minimum Gasteiger partial charge on any atom is -0.388 e. The average molecular weight is 275 g/mol. The SMILES string of the molecule is Cc1cc(C)cc(C(O)CCN2CCCCCC2C)c1. The minimum absolute atomic E-state index is 0.330. The third-order valence-corrected chi connectivity index (χ3v) is 4.51. The van der Waals surface area contributed by atoms with Gasteiger partial charge in [0.1, 0.15) is 0 Å². The summed E-state index contributed by atoms with van der Waals surface area (Å²) in [6.45, 7) is 8.73. The zero-order valence-electron chi connectivity index (χ0n) is 13.2. The monoisotopic (exact) mass is 275 g/mol. The van der Waals surface area contributed by atoms with Gasteiger partial charge in [-0.3, -0.25) is 0 Å². The van der Waals surface area contributed by atoms with Crippen LogP contribution in [0.15, 0.2) is 18.2 Å². The molecule has 1 aromatic carbocycles. The van der Waals surface area contributed by atoms with Crippen LogP contribution in [0, 0.1) is 13.8 Å². The van der Waals surface area contributed by atoms with Crippen LogP contribution in [0.3, 0.4) is 0 Å². The van der Waals surface area contributed by atoms with E-state index in [1.807, 2.05) is 0 Å². The maximum Gasteiger partial charge on any atom is 0.0802 e. The first kappa shape index (κ1) is 15.5. The van der Waals surface area contributed by atoms with Crippen LogP contribution < -0.4 is 0 Å². The average Bonchev–Trinajstić information content (AvgIpc) is 2.59. The van der Waals surface area contributed by atoms with E-state index in [0.29, 0.717) is 6.04 Å². The predicted molar refractivity (Wildman–Crippen MR) is 85.0 cm³/mol. The molecule has 0 saturated carbocycles. The summed E-state index contributed by atoms with van der Waals surface area (Å²) in [5.41, 5.74) is 3.55. The molecule has 2 nitrogen and oxygen atoms in total. The Kier molecular flexibility index (Phi) is 5.62. The van der Waals surface area contributed by atoms with Gasteiger partial charge in [0.15, 0.2) is 0 Å². The second-order valence-electron chi connectivity index (χ2n) is 6.46. The highest BCUT2D eigenvalue weighted by Crippen LogP contribution is 2.22. The van der Waals surface area contributed by atoms with Gasteiger partial charge >= 0.3 is 0 Å². The summed E-state index contributed by atoms with van der Waals surface area (Å²) >= 11 is 0. The van der Waals surface area contributed by atoms with Crippen LogP contribution in [-0.4, -0.2) is 29.1 Å². The van der Waals surface area contributed by atoms with Crippen molar-refractivity contribution >= 4 is 0 Å². The lowest BCUT2D eigenvalue weighted by molar-refractivity contribution is 0.128. The molecule has 112 valence electrons. The van der Waals surface area contributed by atoms with Gasteiger partial charge in [0, 0.05) is 12.6 Å². The summed E-state index contributed by atoms with van der Waals surface area (Å²) < 4.78 is 0. The van der Waals surface area contributed by atoms with Gasteiger partial charge in [0.05, 0.1) is 6.10 Å². The van der Waals surface area contributed by atoms with Crippen LogP contribution in [0.5, 0.6) is 0 Å². The molecule has 1 aliphatic rings. The maximum absolute atomic E-state index is 10.4. The molecule has 1 heterocycles. The van der Waals surface area contributed by atoms with E-state index in [0.717, 1.165) is 18.5 Å². The summed E-state index contributed by atoms with van der Waals surface area (Å²) in [6.07, 6.45) is 5.85. The van der Waals surface area contributed by atoms with Gasteiger partial charge in [0.2, 0.25) is 0 Å². The Hall–Kier alpha value is -0.860. The van der Waals surface area contributed by atoms with Crippen LogP contribution >= 0.6 is 0 Å². The zero-order valence-corrected chi connectivity index (χ0v) is 13.2. The molecular weight excluding hydrogens is 246 g/mol. The van der Waals surface area contributed by atoms with Crippen LogP contribution in [0.4, 0.5) is 0 Å². The van der Waals surface area contributed by atoms with Gasteiger partial charge < -0.3 is 10.0 Å². The van der Waals surface area contributed by atoms with Gasteiger partial charge in [-0.15, -0.1) is 0 Å². The summed E-state index contributed by atoms with van der Waals surface area (Å²) in [7, 11) is 0. The van der Waals surface area contributed by atoms with Gasteiger partial charge in [0.25, 0.3) is 0 Å². The van der Waals surface area contributed by atoms with Crippen LogP contribution in [0.25, 0.3) is 0 Å². The number of likely N-dealkylation sites (tertiary alicyclic amines) is 1. The largest absolute Gasteiger partial charge is 0.388 e. The molecule has 2 unspecified atom stereocenters. The Bertz CT molecular complexity index is 409. The number of aryl methyl sites for hydroxylation is 2. The normalized spacial score (nSPS) is 22.5. The molecule has 1 aliphatic heterocycles. The molecule has 0 aliphatic carbocycles. The van der Waals surface area contributed by atoms with Crippen LogP contribution in [-0.2, 0) is 0 Å². The molecule has 0 amide bonds. The number of hydrogen-bond donors (Lipinski definition) is 1. The first-order valence-electron chi connectivity index (χ1n) is 8.06. The highest BCUT2D eigenvalue weighted by Gasteiger charge is 2.18. The van der Waals surface area contributed by atoms with Gasteiger partial charge in [-0.05, 0) is 52.1 Å². The standard InChI is InChI=1S/C18H29NO/c1-14-11-15(2)13-17(12-14)18(20)8-10-19-9-6-4-5-7-16(19)3/h11-13,16,18,20H,4-10H2,1-3H3. The minimum atomic E-state index is -0.330. The molecule has 1 aromatic rings. The molecule has 0 spiro atoms. The van der Waals surface area contributed by atoms with Crippen molar-refractivity contribution in [2.24, 2.45) is 0 Å². The Morgan fingerprint density at radius 1 is 1.15 bits per heavy atom. The van der Waals surface area contributed by atoms with Crippen molar-refractivity contribution in [1.29, 1.82) is 0 Å². The van der Waals surface area contributed by atoms with Gasteiger partial charge in [-0.2, -0.15) is 0 Å². The molecule has 2 rings (SSSR count). The number of benzene rings is 1. The van der Waals surface area contributed by atoms with E-state index < -0.39 is 0 Å². The summed E-state index contributed by atoms with van der Waals surface area (Å²) in [4.78, 5) is 2.55. The lowest BCUT2D eigenvalue weighted by atomic mass is 10.0. The molecule has 1 fully saturated rings. The molecule has 1 saturated heterocycles. The topological polar surface area (TPSA) is 23.5 Å². The molecule has 2 atom stereocenters. The van der Waals surface area contributed by atoms with Crippen molar-refractivity contribution in [1.82, 2.24) is 4.90 Å². The fraction of sp³-hybridized carbons (Fsp3) is 0.667. The Balaban J connectivity index is 1.92. The fourth-order valence-corrected chi connectivity index (χ4v) is 3.32. The molecule has 2 heteroatoms. The fourth-order valence-electron chi connectivity index (χ4n) is 3.32. The summed E-state index contributed by atoms with van der Waals surface area (Å²) in [5, 5.41) is 10.4. The highest BCUT2D eigenvalue weighted by molar-refractivity contribution is 5.29. The number of hydrogen-bond acceptors (Lipinski definition) is 2. The number of nitrogens with zero attached hydrogens (tertiary/aromatic N) is 1. The Morgan fingerprint density at radius 3 is 2.55 bits per heavy atom. The van der Waals surface area contributed by atoms with E-state index in [1.54, 1.807) is 0 Å². The van der Waals surface area contributed by atoms with E-state index >= 15 is 0 Å². The first-order chi connectivity index (χ1) is 9.56. The van der Waals surface area contributed by atoms with Crippen molar-refractivity contribution in [2.75, 3.05) is 13.1 Å². The molecule has 0 bridgehead atoms. The quantitative estimate of drug-likeness (QED) is 0.898. The van der Waals surface area contributed by atoms with Crippen molar-refractivity contribution in [3.8, 4) is 0 Å². The van der Waals surface area contributed by atoms with Crippen molar-refractivity contribution in [3.63, 3.8) is 0 Å². The highest BCUT2D eigenvalue weighted by atomic mass is 16.3. The van der Waals surface area contributed by atoms with Gasteiger partial charge in [-0.1, -0.05) is 42.2 Å². The summed E-state index contributed by atoms with van der Waals surface area (Å²) in [5.74, 6) is 0. The second-order valence-corrected chi connectivity index (χ2v) is 6.46. The van der Waals surface area contributed by atoms with E-state index in [1.165, 1.54) is 43.4 Å². The van der Waals surface area contributed by atoms with Crippen molar-refractivity contribution in [2.45, 2.75) is 65.0 Å². The smallest absolute Gasteiger partial charge is 0.0802 e. The van der Waals surface area contributed by atoms with Crippen LogP contribution in [0.2, 0.25) is 0 Å². The molecule has 1 N–H and O–H groups in total. The van der Waals surface area contributed by atoms with Crippen molar-refractivity contribution < 1.29 is 5.11 Å². The molecule has 0 radical (unpaired) electrons. The Labute approximate surface area is 123 Å². The third-order valence-electron chi connectivity index (χ3n) is 4.51. The van der Waals surface area contributed by atoms with Crippen LogP contribution in [0.1, 0.15) is 61.8 Å². The number of aliphatic hydroxyl groups is 1. The van der Waals surface area contributed by atoms with Crippen molar-refractivity contribution in [3.05, 3.63) is 34.9 Å². The zero-order chi connectivity index (χ0) is 14.5. The number of aliphatic hydroxyl groups excluding tert-OH is 1. The predicted octanol–water partition coefficient (Wildman–Crippen LogP) is 3.99. The lowest BCUT2D eigenvalue weighted by Gasteiger charge is -2.28. The number of rotatable bonds is 4. The van der Waals surface area contributed by atoms with E-state index in [2.05, 4.69) is 43.9 Å². The Morgan fingerprint density at radius 2 is 1.85 bits per heavy atom. The van der Waals surface area contributed by atoms with Gasteiger partial charge in [-0.25, -0.2) is 0 Å². The van der Waals surface area contributed by atoms with E-state index in [-0.39, 0.29) is 6.10 Å². The first-order valence-corrected chi connectivity index (χ1v) is 8.06.